The van der Waals surface area contributed by atoms with E-state index in [0.717, 1.165) is 24.9 Å². The lowest BCUT2D eigenvalue weighted by molar-refractivity contribution is 0.101. The first-order chi connectivity index (χ1) is 8.48. The monoisotopic (exact) mass is 248 g/mol. The van der Waals surface area contributed by atoms with Crippen LogP contribution in [0.2, 0.25) is 0 Å². The molecule has 1 aromatic carbocycles. The fraction of sp³-hybridized carbons (Fsp3) is 0.533. The van der Waals surface area contributed by atoms with Crippen LogP contribution in [0.4, 0.5) is 11.4 Å². The number of nitrogen functional groups attached to an aromatic ring is 1. The summed E-state index contributed by atoms with van der Waals surface area (Å²) in [6, 6.07) is 5.59. The van der Waals surface area contributed by atoms with Crippen LogP contribution in [-0.2, 0) is 0 Å². The number of carbonyl (C=O) groups excluding carboxylic acids is 1. The Morgan fingerprint density at radius 1 is 1.22 bits per heavy atom. The molecule has 3 heteroatoms. The molecule has 0 spiro atoms. The summed E-state index contributed by atoms with van der Waals surface area (Å²) < 4.78 is 0. The van der Waals surface area contributed by atoms with E-state index in [1.807, 2.05) is 12.1 Å². The topological polar surface area (TPSA) is 55.1 Å². The molecule has 0 atom stereocenters. The summed E-state index contributed by atoms with van der Waals surface area (Å²) in [7, 11) is 0. The Kier molecular flexibility index (Phi) is 4.76. The molecule has 1 aromatic rings. The van der Waals surface area contributed by atoms with E-state index in [1.54, 1.807) is 13.0 Å². The quantitative estimate of drug-likeness (QED) is 0.594. The van der Waals surface area contributed by atoms with Crippen molar-refractivity contribution < 1.29 is 4.79 Å². The molecular formula is C15H24N2O. The molecular weight excluding hydrogens is 224 g/mol. The SMILES string of the molecule is CCC(CC)(CC)Nc1ccc(N)c(C(C)=O)c1. The second-order valence-corrected chi connectivity index (χ2v) is 4.82. The number of hydrogen-bond acceptors (Lipinski definition) is 3. The minimum atomic E-state index is 0.00578. The molecule has 0 saturated carbocycles. The summed E-state index contributed by atoms with van der Waals surface area (Å²) in [6.07, 6.45) is 3.17. The second kappa shape index (κ2) is 5.89. The molecule has 0 fully saturated rings. The predicted molar refractivity (Wildman–Crippen MR) is 78.1 cm³/mol. The largest absolute Gasteiger partial charge is 0.398 e. The smallest absolute Gasteiger partial charge is 0.161 e. The Bertz CT molecular complexity index is 414. The molecule has 18 heavy (non-hydrogen) atoms. The van der Waals surface area contributed by atoms with Gasteiger partial charge in [-0.15, -0.1) is 0 Å². The highest BCUT2D eigenvalue weighted by Crippen LogP contribution is 2.27. The van der Waals surface area contributed by atoms with Crippen LogP contribution in [0.3, 0.4) is 0 Å². The molecule has 0 aliphatic rings. The number of benzene rings is 1. The Morgan fingerprint density at radius 3 is 2.22 bits per heavy atom. The molecule has 0 aliphatic carbocycles. The summed E-state index contributed by atoms with van der Waals surface area (Å²) in [5, 5.41) is 3.56. The van der Waals surface area contributed by atoms with Gasteiger partial charge in [0.05, 0.1) is 0 Å². The highest BCUT2D eigenvalue weighted by Gasteiger charge is 2.23. The predicted octanol–water partition coefficient (Wildman–Crippen LogP) is 3.85. The summed E-state index contributed by atoms with van der Waals surface area (Å²) >= 11 is 0. The third-order valence-corrected chi connectivity index (χ3v) is 3.87. The highest BCUT2D eigenvalue weighted by molar-refractivity contribution is 6.00. The van der Waals surface area contributed by atoms with Crippen molar-refractivity contribution in [3.8, 4) is 0 Å². The van der Waals surface area contributed by atoms with E-state index in [4.69, 9.17) is 5.73 Å². The molecule has 0 radical (unpaired) electrons. The molecule has 0 aromatic heterocycles. The first-order valence-corrected chi connectivity index (χ1v) is 6.66. The highest BCUT2D eigenvalue weighted by atomic mass is 16.1. The Morgan fingerprint density at radius 2 is 1.78 bits per heavy atom. The molecule has 3 N–H and O–H groups in total. The van der Waals surface area contributed by atoms with Crippen LogP contribution in [0.1, 0.15) is 57.3 Å². The average Bonchev–Trinajstić information content (AvgIpc) is 2.38. The normalized spacial score (nSPS) is 11.3. The van der Waals surface area contributed by atoms with Crippen molar-refractivity contribution in [2.45, 2.75) is 52.5 Å². The maximum absolute atomic E-state index is 11.5. The number of ketones is 1. The number of hydrogen-bond donors (Lipinski definition) is 2. The minimum absolute atomic E-state index is 0.00578. The van der Waals surface area contributed by atoms with E-state index in [1.165, 1.54) is 0 Å². The van der Waals surface area contributed by atoms with E-state index in [2.05, 4.69) is 26.1 Å². The Balaban J connectivity index is 3.04. The lowest BCUT2D eigenvalue weighted by Crippen LogP contribution is -2.36. The van der Waals surface area contributed by atoms with Gasteiger partial charge in [0.15, 0.2) is 5.78 Å². The van der Waals surface area contributed by atoms with Gasteiger partial charge < -0.3 is 11.1 Å². The van der Waals surface area contributed by atoms with Gasteiger partial charge in [0.25, 0.3) is 0 Å². The first-order valence-electron chi connectivity index (χ1n) is 6.66. The van der Waals surface area contributed by atoms with E-state index < -0.39 is 0 Å². The van der Waals surface area contributed by atoms with E-state index in [-0.39, 0.29) is 11.3 Å². The molecule has 0 aliphatic heterocycles. The van der Waals surface area contributed by atoms with Gasteiger partial charge in [-0.2, -0.15) is 0 Å². The summed E-state index contributed by atoms with van der Waals surface area (Å²) in [5.74, 6) is 0.00578. The van der Waals surface area contributed by atoms with Crippen LogP contribution in [0.25, 0.3) is 0 Å². The molecule has 1 rings (SSSR count). The van der Waals surface area contributed by atoms with Crippen molar-refractivity contribution in [2.24, 2.45) is 0 Å². The van der Waals surface area contributed by atoms with Crippen molar-refractivity contribution in [2.75, 3.05) is 11.1 Å². The average molecular weight is 248 g/mol. The Hall–Kier alpha value is -1.51. The molecule has 100 valence electrons. The van der Waals surface area contributed by atoms with Gasteiger partial charge in [0.2, 0.25) is 0 Å². The number of Topliss-reactive ketones (excluding diaryl/α,β-unsaturated/α-hetero) is 1. The maximum atomic E-state index is 11.5. The molecule has 0 amide bonds. The third kappa shape index (κ3) is 3.03. The van der Waals surface area contributed by atoms with Gasteiger partial charge in [-0.3, -0.25) is 4.79 Å². The van der Waals surface area contributed by atoms with Crippen LogP contribution in [0.5, 0.6) is 0 Å². The standard InChI is InChI=1S/C15H24N2O/c1-5-15(6-2,7-3)17-12-8-9-14(16)13(10-12)11(4)18/h8-10,17H,5-7,16H2,1-4H3. The van der Waals surface area contributed by atoms with Crippen LogP contribution >= 0.6 is 0 Å². The molecule has 0 unspecified atom stereocenters. The number of carbonyl (C=O) groups is 1. The number of nitrogens with one attached hydrogen (secondary N) is 1. The van der Waals surface area contributed by atoms with Gasteiger partial charge in [-0.25, -0.2) is 0 Å². The maximum Gasteiger partial charge on any atom is 0.161 e. The van der Waals surface area contributed by atoms with Gasteiger partial charge in [0.1, 0.15) is 0 Å². The molecule has 0 heterocycles. The van der Waals surface area contributed by atoms with E-state index >= 15 is 0 Å². The summed E-state index contributed by atoms with van der Waals surface area (Å²) in [4.78, 5) is 11.5. The van der Waals surface area contributed by atoms with Crippen molar-refractivity contribution in [1.82, 2.24) is 0 Å². The number of anilines is 2. The summed E-state index contributed by atoms with van der Waals surface area (Å²) in [6.45, 7) is 8.09. The number of rotatable bonds is 6. The van der Waals surface area contributed by atoms with Crippen LogP contribution in [-0.4, -0.2) is 11.3 Å². The van der Waals surface area contributed by atoms with Crippen molar-refractivity contribution >= 4 is 17.2 Å². The fourth-order valence-electron chi connectivity index (χ4n) is 2.26. The zero-order valence-corrected chi connectivity index (χ0v) is 11.8. The van der Waals surface area contributed by atoms with E-state index in [0.29, 0.717) is 11.3 Å². The Labute approximate surface area is 110 Å². The lowest BCUT2D eigenvalue weighted by Gasteiger charge is -2.33. The van der Waals surface area contributed by atoms with Crippen molar-refractivity contribution in [3.05, 3.63) is 23.8 Å². The zero-order chi connectivity index (χ0) is 13.8. The van der Waals surface area contributed by atoms with Crippen molar-refractivity contribution in [3.63, 3.8) is 0 Å². The second-order valence-electron chi connectivity index (χ2n) is 4.82. The minimum Gasteiger partial charge on any atom is -0.398 e. The van der Waals surface area contributed by atoms with Crippen LogP contribution in [0, 0.1) is 0 Å². The lowest BCUT2D eigenvalue weighted by atomic mass is 9.89. The first kappa shape index (κ1) is 14.6. The van der Waals surface area contributed by atoms with Gasteiger partial charge in [0, 0.05) is 22.5 Å². The van der Waals surface area contributed by atoms with E-state index in [9.17, 15) is 4.79 Å². The van der Waals surface area contributed by atoms with Gasteiger partial charge in [-0.1, -0.05) is 20.8 Å². The number of nitrogens with two attached hydrogens (primary N) is 1. The summed E-state index contributed by atoms with van der Waals surface area (Å²) in [5.41, 5.74) is 8.02. The van der Waals surface area contributed by atoms with Crippen LogP contribution in [0.15, 0.2) is 18.2 Å². The van der Waals surface area contributed by atoms with Gasteiger partial charge in [-0.05, 0) is 44.4 Å². The fourth-order valence-corrected chi connectivity index (χ4v) is 2.26. The van der Waals surface area contributed by atoms with Crippen LogP contribution < -0.4 is 11.1 Å². The zero-order valence-electron chi connectivity index (χ0n) is 11.8. The molecule has 3 nitrogen and oxygen atoms in total. The molecule has 0 saturated heterocycles. The van der Waals surface area contributed by atoms with Crippen molar-refractivity contribution in [1.29, 1.82) is 0 Å². The third-order valence-electron chi connectivity index (χ3n) is 3.87. The molecule has 0 bridgehead atoms. The van der Waals surface area contributed by atoms with Gasteiger partial charge >= 0.3 is 0 Å².